The molecule has 0 aliphatic heterocycles. The van der Waals surface area contributed by atoms with Gasteiger partial charge in [0.05, 0.1) is 26.4 Å². The molecule has 4 nitrogen and oxygen atoms in total. The molecule has 0 rings (SSSR count). The highest BCUT2D eigenvalue weighted by Gasteiger charge is 1.99. The van der Waals surface area contributed by atoms with E-state index in [9.17, 15) is 10.2 Å². The number of allylic oxidation sites excluding steroid dienone is 4. The summed E-state index contributed by atoms with van der Waals surface area (Å²) < 4.78 is 0. The maximum Gasteiger partial charge on any atom is 0.0642 e. The lowest BCUT2D eigenvalue weighted by molar-refractivity contribution is 0.315. The molecule has 0 aromatic carbocycles. The van der Waals surface area contributed by atoms with Crippen LogP contribution in [0.1, 0.15) is 52.4 Å². The lowest BCUT2D eigenvalue weighted by Crippen LogP contribution is -1.95. The molecule has 24 heavy (non-hydrogen) atoms. The lowest BCUT2D eigenvalue weighted by Gasteiger charge is -2.06. The van der Waals surface area contributed by atoms with E-state index in [0.717, 1.165) is 48.8 Å². The van der Waals surface area contributed by atoms with Crippen molar-refractivity contribution in [2.45, 2.75) is 52.4 Å². The molecule has 4 N–H and O–H groups in total. The highest BCUT2D eigenvalue weighted by molar-refractivity contribution is 5.10. The predicted molar refractivity (Wildman–Crippen MR) is 99.7 cm³/mol. The minimum absolute atomic E-state index is 0.0260. The molecule has 0 aliphatic rings. The lowest BCUT2D eigenvalue weighted by atomic mass is 10.0. The zero-order valence-corrected chi connectivity index (χ0v) is 15.2. The standard InChI is InChI=1S/C20H34O4/c1-17(2)6-3-7-18(14-22)8-4-9-19(15-23)10-5-11-20(16-24)12-13-21/h6,8,10,12,21-24H,3-5,7,9,11,13-16H2,1-2H3/b18-8-,19-10-,20-12+. The Hall–Kier alpha value is -1.20. The van der Waals surface area contributed by atoms with Gasteiger partial charge in [0, 0.05) is 0 Å². The second-order valence-electron chi connectivity index (χ2n) is 6.14. The zero-order chi connectivity index (χ0) is 18.2. The van der Waals surface area contributed by atoms with Crippen LogP contribution in [-0.2, 0) is 0 Å². The van der Waals surface area contributed by atoms with Crippen molar-refractivity contribution < 1.29 is 20.4 Å². The number of hydrogen-bond donors (Lipinski definition) is 4. The molecule has 0 spiro atoms. The van der Waals surface area contributed by atoms with Gasteiger partial charge in [-0.2, -0.15) is 0 Å². The number of rotatable bonds is 13. The first-order valence-corrected chi connectivity index (χ1v) is 8.67. The van der Waals surface area contributed by atoms with E-state index in [1.54, 1.807) is 6.08 Å². The van der Waals surface area contributed by atoms with Crippen molar-refractivity contribution in [2.24, 2.45) is 0 Å². The molecule has 0 saturated heterocycles. The first-order valence-electron chi connectivity index (χ1n) is 8.67. The van der Waals surface area contributed by atoms with E-state index < -0.39 is 0 Å². The number of hydrogen-bond acceptors (Lipinski definition) is 4. The van der Waals surface area contributed by atoms with Crippen molar-refractivity contribution in [1.29, 1.82) is 0 Å². The summed E-state index contributed by atoms with van der Waals surface area (Å²) in [6.45, 7) is 4.14. The highest BCUT2D eigenvalue weighted by Crippen LogP contribution is 2.13. The molecule has 0 aromatic heterocycles. The molecule has 0 saturated carbocycles. The van der Waals surface area contributed by atoms with Crippen LogP contribution in [0.2, 0.25) is 0 Å². The topological polar surface area (TPSA) is 80.9 Å². The molecular weight excluding hydrogens is 304 g/mol. The fraction of sp³-hybridized carbons (Fsp3) is 0.600. The third-order valence-corrected chi connectivity index (χ3v) is 3.80. The second-order valence-corrected chi connectivity index (χ2v) is 6.14. The molecule has 0 atom stereocenters. The van der Waals surface area contributed by atoms with Gasteiger partial charge in [-0.05, 0) is 69.1 Å². The SMILES string of the molecule is CC(C)=CCC/C(=C/CC/C(=C/CC/C(=C\CO)CO)CO)CO. The highest BCUT2D eigenvalue weighted by atomic mass is 16.3. The van der Waals surface area contributed by atoms with E-state index in [0.29, 0.717) is 6.42 Å². The summed E-state index contributed by atoms with van der Waals surface area (Å²) in [7, 11) is 0. The molecule has 0 amide bonds. The van der Waals surface area contributed by atoms with E-state index >= 15 is 0 Å². The molecule has 0 bridgehead atoms. The summed E-state index contributed by atoms with van der Waals surface area (Å²) in [5.41, 5.74) is 4.11. The molecule has 0 heterocycles. The Morgan fingerprint density at radius 3 is 1.29 bits per heavy atom. The van der Waals surface area contributed by atoms with Crippen LogP contribution in [0.4, 0.5) is 0 Å². The molecule has 138 valence electrons. The van der Waals surface area contributed by atoms with Crippen LogP contribution in [0.5, 0.6) is 0 Å². The average molecular weight is 338 g/mol. The smallest absolute Gasteiger partial charge is 0.0642 e. The maximum atomic E-state index is 9.43. The van der Waals surface area contributed by atoms with Crippen molar-refractivity contribution in [2.75, 3.05) is 26.4 Å². The average Bonchev–Trinajstić information content (AvgIpc) is 2.57. The zero-order valence-electron chi connectivity index (χ0n) is 15.2. The van der Waals surface area contributed by atoms with E-state index in [4.69, 9.17) is 10.2 Å². The summed E-state index contributed by atoms with van der Waals surface area (Å²) in [6, 6.07) is 0. The van der Waals surface area contributed by atoms with Crippen LogP contribution < -0.4 is 0 Å². The van der Waals surface area contributed by atoms with E-state index in [1.807, 2.05) is 6.08 Å². The van der Waals surface area contributed by atoms with Gasteiger partial charge < -0.3 is 20.4 Å². The molecule has 0 radical (unpaired) electrons. The van der Waals surface area contributed by atoms with E-state index in [2.05, 4.69) is 26.0 Å². The summed E-state index contributed by atoms with van der Waals surface area (Å²) in [5.74, 6) is 0. The van der Waals surface area contributed by atoms with Crippen molar-refractivity contribution >= 4 is 0 Å². The number of aliphatic hydroxyl groups is 4. The first kappa shape index (κ1) is 22.8. The third-order valence-electron chi connectivity index (χ3n) is 3.80. The fourth-order valence-electron chi connectivity index (χ4n) is 2.34. The van der Waals surface area contributed by atoms with Crippen molar-refractivity contribution in [3.05, 3.63) is 46.6 Å². The van der Waals surface area contributed by atoms with E-state index in [1.165, 1.54) is 5.57 Å². The Morgan fingerprint density at radius 1 is 0.583 bits per heavy atom. The van der Waals surface area contributed by atoms with Crippen molar-refractivity contribution in [1.82, 2.24) is 0 Å². The van der Waals surface area contributed by atoms with Gasteiger partial charge in [0.25, 0.3) is 0 Å². The van der Waals surface area contributed by atoms with Crippen LogP contribution in [-0.4, -0.2) is 46.9 Å². The molecular formula is C20H34O4. The Bertz CT molecular complexity index is 441. The van der Waals surface area contributed by atoms with Crippen molar-refractivity contribution in [3.8, 4) is 0 Å². The van der Waals surface area contributed by atoms with Crippen LogP contribution in [0.25, 0.3) is 0 Å². The van der Waals surface area contributed by atoms with Crippen LogP contribution >= 0.6 is 0 Å². The van der Waals surface area contributed by atoms with E-state index in [-0.39, 0.29) is 26.4 Å². The quantitative estimate of drug-likeness (QED) is 0.389. The minimum atomic E-state index is -0.0616. The fourth-order valence-corrected chi connectivity index (χ4v) is 2.34. The predicted octanol–water partition coefficient (Wildman–Crippen LogP) is 3.04. The maximum absolute atomic E-state index is 9.43. The van der Waals surface area contributed by atoms with Crippen LogP contribution in [0.15, 0.2) is 46.6 Å². The monoisotopic (exact) mass is 338 g/mol. The third kappa shape index (κ3) is 12.3. The van der Waals surface area contributed by atoms with Crippen LogP contribution in [0.3, 0.4) is 0 Å². The summed E-state index contributed by atoms with van der Waals surface area (Å²) in [4.78, 5) is 0. The molecule has 4 heteroatoms. The van der Waals surface area contributed by atoms with Crippen molar-refractivity contribution in [3.63, 3.8) is 0 Å². The summed E-state index contributed by atoms with van der Waals surface area (Å²) in [6.07, 6.45) is 12.6. The Kier molecular flexibility index (Phi) is 14.6. The van der Waals surface area contributed by atoms with Gasteiger partial charge >= 0.3 is 0 Å². The Labute approximate surface area is 146 Å². The number of aliphatic hydroxyl groups excluding tert-OH is 4. The van der Waals surface area contributed by atoms with Gasteiger partial charge in [-0.25, -0.2) is 0 Å². The first-order chi connectivity index (χ1) is 11.6. The molecule has 0 unspecified atom stereocenters. The van der Waals surface area contributed by atoms with Gasteiger partial charge in [0.15, 0.2) is 0 Å². The Morgan fingerprint density at radius 2 is 0.958 bits per heavy atom. The normalized spacial score (nSPS) is 13.3. The second kappa shape index (κ2) is 15.3. The largest absolute Gasteiger partial charge is 0.392 e. The summed E-state index contributed by atoms with van der Waals surface area (Å²) >= 11 is 0. The Balaban J connectivity index is 4.35. The van der Waals surface area contributed by atoms with Gasteiger partial charge in [-0.3, -0.25) is 0 Å². The molecule has 0 aromatic rings. The van der Waals surface area contributed by atoms with Gasteiger partial charge in [-0.1, -0.05) is 29.9 Å². The van der Waals surface area contributed by atoms with Gasteiger partial charge in [-0.15, -0.1) is 0 Å². The molecule has 0 aliphatic carbocycles. The minimum Gasteiger partial charge on any atom is -0.392 e. The molecule has 0 fully saturated rings. The van der Waals surface area contributed by atoms with Gasteiger partial charge in [0.2, 0.25) is 0 Å². The van der Waals surface area contributed by atoms with Crippen LogP contribution in [0, 0.1) is 0 Å². The summed E-state index contributed by atoms with van der Waals surface area (Å²) in [5, 5.41) is 36.8. The van der Waals surface area contributed by atoms with Gasteiger partial charge in [0.1, 0.15) is 0 Å².